The molecular weight excluding hydrogens is 408 g/mol. The van der Waals surface area contributed by atoms with Crippen LogP contribution in [0.2, 0.25) is 0 Å². The van der Waals surface area contributed by atoms with Gasteiger partial charge in [-0.1, -0.05) is 78.9 Å². The zero-order valence-electron chi connectivity index (χ0n) is 17.2. The molecule has 0 aliphatic heterocycles. The molecule has 0 spiro atoms. The molecule has 32 heavy (non-hydrogen) atoms. The molecule has 2 heteroatoms. The van der Waals surface area contributed by atoms with Gasteiger partial charge in [-0.25, -0.2) is 0 Å². The Labute approximate surface area is 189 Å². The van der Waals surface area contributed by atoms with Crippen molar-refractivity contribution in [1.29, 1.82) is 0 Å². The zero-order valence-corrected chi connectivity index (χ0v) is 18.0. The van der Waals surface area contributed by atoms with Crippen LogP contribution < -0.4 is 0 Å². The Morgan fingerprint density at radius 1 is 0.469 bits per heavy atom. The quantitative estimate of drug-likeness (QED) is 0.268. The molecule has 0 saturated carbocycles. The molecule has 0 bridgehead atoms. The third kappa shape index (κ3) is 2.63. The summed E-state index contributed by atoms with van der Waals surface area (Å²) in [6, 6.07) is 38.9. The first-order chi connectivity index (χ1) is 15.8. The lowest BCUT2D eigenvalue weighted by Gasteiger charge is -2.04. The Bertz CT molecular complexity index is 1770. The molecule has 0 amide bonds. The van der Waals surface area contributed by atoms with E-state index in [-0.39, 0.29) is 0 Å². The molecule has 2 heterocycles. The minimum atomic E-state index is 0.936. The average molecular weight is 427 g/mol. The molecule has 0 atom stereocenters. The van der Waals surface area contributed by atoms with Crippen molar-refractivity contribution in [3.05, 3.63) is 109 Å². The van der Waals surface area contributed by atoms with Crippen LogP contribution in [0.1, 0.15) is 0 Å². The fourth-order valence-corrected chi connectivity index (χ4v) is 5.95. The first-order valence-corrected chi connectivity index (χ1v) is 11.6. The first-order valence-electron chi connectivity index (χ1n) is 10.8. The average Bonchev–Trinajstić information content (AvgIpc) is 3.42. The van der Waals surface area contributed by atoms with Gasteiger partial charge in [0.25, 0.3) is 0 Å². The molecule has 0 aliphatic rings. The van der Waals surface area contributed by atoms with Crippen molar-refractivity contribution >= 4 is 53.4 Å². The van der Waals surface area contributed by atoms with Crippen LogP contribution in [-0.4, -0.2) is 0 Å². The van der Waals surface area contributed by atoms with Crippen molar-refractivity contribution in [2.45, 2.75) is 0 Å². The molecule has 5 aromatic carbocycles. The van der Waals surface area contributed by atoms with Gasteiger partial charge in [-0.05, 0) is 52.6 Å². The van der Waals surface area contributed by atoms with Crippen LogP contribution in [0.25, 0.3) is 64.4 Å². The van der Waals surface area contributed by atoms with Crippen LogP contribution >= 0.6 is 11.3 Å². The number of rotatable bonds is 2. The maximum Gasteiger partial charge on any atom is 0.135 e. The van der Waals surface area contributed by atoms with Gasteiger partial charge in [-0.3, -0.25) is 0 Å². The Balaban J connectivity index is 1.46. The smallest absolute Gasteiger partial charge is 0.135 e. The number of thiophene rings is 1. The van der Waals surface area contributed by atoms with Crippen molar-refractivity contribution in [3.63, 3.8) is 0 Å². The van der Waals surface area contributed by atoms with E-state index in [0.717, 1.165) is 11.2 Å². The van der Waals surface area contributed by atoms with E-state index >= 15 is 0 Å². The van der Waals surface area contributed by atoms with Gasteiger partial charge in [-0.2, -0.15) is 0 Å². The lowest BCUT2D eigenvalue weighted by molar-refractivity contribution is 0.669. The van der Waals surface area contributed by atoms with E-state index in [1.54, 1.807) is 0 Å². The van der Waals surface area contributed by atoms with Gasteiger partial charge >= 0.3 is 0 Å². The molecule has 150 valence electrons. The maximum absolute atomic E-state index is 6.04. The van der Waals surface area contributed by atoms with Crippen LogP contribution in [0.4, 0.5) is 0 Å². The van der Waals surface area contributed by atoms with Gasteiger partial charge in [0.15, 0.2) is 0 Å². The largest absolute Gasteiger partial charge is 0.456 e. The van der Waals surface area contributed by atoms with Crippen molar-refractivity contribution in [3.8, 4) is 22.3 Å². The summed E-state index contributed by atoms with van der Waals surface area (Å²) in [4.78, 5) is 0. The molecule has 0 N–H and O–H groups in total. The predicted molar refractivity (Wildman–Crippen MR) is 137 cm³/mol. The summed E-state index contributed by atoms with van der Waals surface area (Å²) in [6.07, 6.45) is 0. The van der Waals surface area contributed by atoms with Crippen LogP contribution in [0.15, 0.2) is 114 Å². The number of para-hydroxylation sites is 1. The van der Waals surface area contributed by atoms with Gasteiger partial charge in [0, 0.05) is 30.9 Å². The summed E-state index contributed by atoms with van der Waals surface area (Å²) in [7, 11) is 0. The monoisotopic (exact) mass is 426 g/mol. The van der Waals surface area contributed by atoms with E-state index in [2.05, 4.69) is 97.1 Å². The number of hydrogen-bond acceptors (Lipinski definition) is 2. The van der Waals surface area contributed by atoms with Gasteiger partial charge in [0.1, 0.15) is 11.2 Å². The van der Waals surface area contributed by atoms with E-state index < -0.39 is 0 Å². The third-order valence-electron chi connectivity index (χ3n) is 6.29. The molecular formula is C30H18OS. The van der Waals surface area contributed by atoms with Gasteiger partial charge < -0.3 is 4.42 Å². The SMILES string of the molecule is c1ccc(-c2ccc3sc4c(-c5ccc6oc7ccccc7c6c5)cccc4c3c2)cc1. The van der Waals surface area contributed by atoms with Crippen LogP contribution in [-0.2, 0) is 0 Å². The predicted octanol–water partition coefficient (Wildman–Crippen LogP) is 9.29. The first kappa shape index (κ1) is 17.8. The number of furan rings is 1. The molecule has 0 unspecified atom stereocenters. The summed E-state index contributed by atoms with van der Waals surface area (Å²) in [5.74, 6) is 0. The molecule has 7 aromatic rings. The number of benzene rings is 5. The molecule has 0 saturated heterocycles. The van der Waals surface area contributed by atoms with Gasteiger partial charge in [0.05, 0.1) is 0 Å². The lowest BCUT2D eigenvalue weighted by atomic mass is 9.99. The molecule has 2 aromatic heterocycles. The summed E-state index contributed by atoms with van der Waals surface area (Å²) in [5.41, 5.74) is 6.89. The van der Waals surface area contributed by atoms with Gasteiger partial charge in [-0.15, -0.1) is 11.3 Å². The highest BCUT2D eigenvalue weighted by Crippen LogP contribution is 2.42. The minimum absolute atomic E-state index is 0.936. The lowest BCUT2D eigenvalue weighted by Crippen LogP contribution is -1.79. The second-order valence-electron chi connectivity index (χ2n) is 8.17. The molecule has 1 nitrogen and oxygen atoms in total. The van der Waals surface area contributed by atoms with E-state index in [4.69, 9.17) is 4.42 Å². The highest BCUT2D eigenvalue weighted by molar-refractivity contribution is 7.26. The van der Waals surface area contributed by atoms with E-state index in [9.17, 15) is 0 Å². The van der Waals surface area contributed by atoms with Crippen molar-refractivity contribution in [1.82, 2.24) is 0 Å². The topological polar surface area (TPSA) is 13.1 Å². The molecule has 0 fully saturated rings. The highest BCUT2D eigenvalue weighted by atomic mass is 32.1. The molecule has 0 radical (unpaired) electrons. The van der Waals surface area contributed by atoms with Crippen molar-refractivity contribution < 1.29 is 4.42 Å². The van der Waals surface area contributed by atoms with Crippen molar-refractivity contribution in [2.75, 3.05) is 0 Å². The van der Waals surface area contributed by atoms with Crippen LogP contribution in [0, 0.1) is 0 Å². The normalized spacial score (nSPS) is 11.8. The maximum atomic E-state index is 6.04. The standard InChI is InChI=1S/C30H18OS/c1-2-7-19(8-3-1)20-14-16-29-26(17-20)24-11-6-10-22(30(24)32-29)21-13-15-28-25(18-21)23-9-4-5-12-27(23)31-28/h1-18H. The summed E-state index contributed by atoms with van der Waals surface area (Å²) in [6.45, 7) is 0. The second kappa shape index (κ2) is 6.81. The second-order valence-corrected chi connectivity index (χ2v) is 9.22. The summed E-state index contributed by atoms with van der Waals surface area (Å²) < 4.78 is 8.69. The van der Waals surface area contributed by atoms with E-state index in [0.29, 0.717) is 0 Å². The Morgan fingerprint density at radius 3 is 2.16 bits per heavy atom. The van der Waals surface area contributed by atoms with E-state index in [1.165, 1.54) is 53.2 Å². The third-order valence-corrected chi connectivity index (χ3v) is 7.51. The van der Waals surface area contributed by atoms with Crippen LogP contribution in [0.5, 0.6) is 0 Å². The fraction of sp³-hybridized carbons (Fsp3) is 0. The number of hydrogen-bond donors (Lipinski definition) is 0. The zero-order chi connectivity index (χ0) is 21.1. The molecule has 7 rings (SSSR count). The molecule has 0 aliphatic carbocycles. The number of fused-ring (bicyclic) bond motifs is 6. The summed E-state index contributed by atoms with van der Waals surface area (Å²) in [5, 5.41) is 4.98. The van der Waals surface area contributed by atoms with Crippen molar-refractivity contribution in [2.24, 2.45) is 0 Å². The fourth-order valence-electron chi connectivity index (χ4n) is 4.73. The minimum Gasteiger partial charge on any atom is -0.456 e. The summed E-state index contributed by atoms with van der Waals surface area (Å²) >= 11 is 1.87. The van der Waals surface area contributed by atoms with E-state index in [1.807, 2.05) is 23.5 Å². The van der Waals surface area contributed by atoms with Crippen LogP contribution in [0.3, 0.4) is 0 Å². The van der Waals surface area contributed by atoms with Gasteiger partial charge in [0.2, 0.25) is 0 Å². The Hall–Kier alpha value is -3.88. The Kier molecular flexibility index (Phi) is 3.78. The highest BCUT2D eigenvalue weighted by Gasteiger charge is 2.13. The Morgan fingerprint density at radius 2 is 1.22 bits per heavy atom.